The van der Waals surface area contributed by atoms with Crippen LogP contribution in [0.4, 0.5) is 4.39 Å². The van der Waals surface area contributed by atoms with Crippen LogP contribution in [0.3, 0.4) is 0 Å². The van der Waals surface area contributed by atoms with Crippen LogP contribution in [0.25, 0.3) is 0 Å². The lowest BCUT2D eigenvalue weighted by atomic mass is 10.0. The molecule has 2 aliphatic heterocycles. The number of nitrogens with one attached hydrogen (secondary N) is 1. The molecular formula is C16H23FN2O. The van der Waals surface area contributed by atoms with Gasteiger partial charge in [-0.05, 0) is 57.0 Å². The van der Waals surface area contributed by atoms with E-state index >= 15 is 0 Å². The largest absolute Gasteiger partial charge is 0.496 e. The Morgan fingerprint density at radius 1 is 1.35 bits per heavy atom. The van der Waals surface area contributed by atoms with Crippen LogP contribution >= 0.6 is 0 Å². The van der Waals surface area contributed by atoms with Gasteiger partial charge in [0.05, 0.1) is 7.11 Å². The Balaban J connectivity index is 1.74. The first kappa shape index (κ1) is 13.8. The molecule has 1 aromatic rings. The summed E-state index contributed by atoms with van der Waals surface area (Å²) >= 11 is 0. The maximum absolute atomic E-state index is 13.5. The topological polar surface area (TPSA) is 24.5 Å². The van der Waals surface area contributed by atoms with Gasteiger partial charge in [-0.1, -0.05) is 0 Å². The van der Waals surface area contributed by atoms with E-state index in [0.717, 1.165) is 30.9 Å². The Bertz CT molecular complexity index is 460. The van der Waals surface area contributed by atoms with Gasteiger partial charge in [-0.3, -0.25) is 4.90 Å². The Morgan fingerprint density at radius 3 is 3.00 bits per heavy atom. The summed E-state index contributed by atoms with van der Waals surface area (Å²) in [5, 5.41) is 3.61. The van der Waals surface area contributed by atoms with Crippen molar-refractivity contribution in [2.45, 2.75) is 44.3 Å². The van der Waals surface area contributed by atoms with E-state index in [0.29, 0.717) is 12.1 Å². The highest BCUT2D eigenvalue weighted by atomic mass is 19.1. The van der Waals surface area contributed by atoms with E-state index in [9.17, 15) is 4.39 Å². The molecule has 3 rings (SSSR count). The van der Waals surface area contributed by atoms with E-state index in [1.165, 1.54) is 31.7 Å². The van der Waals surface area contributed by atoms with Crippen LogP contribution in [0, 0.1) is 5.82 Å². The molecule has 2 saturated heterocycles. The first-order valence-electron chi connectivity index (χ1n) is 7.58. The number of halogens is 1. The molecule has 20 heavy (non-hydrogen) atoms. The molecule has 2 aliphatic rings. The van der Waals surface area contributed by atoms with E-state index in [1.54, 1.807) is 19.2 Å². The predicted molar refractivity (Wildman–Crippen MR) is 77.4 cm³/mol. The van der Waals surface area contributed by atoms with Gasteiger partial charge >= 0.3 is 0 Å². The second kappa shape index (κ2) is 6.10. The number of nitrogens with zero attached hydrogens (tertiary/aromatic N) is 1. The van der Waals surface area contributed by atoms with Crippen molar-refractivity contribution in [3.63, 3.8) is 0 Å². The maximum Gasteiger partial charge on any atom is 0.123 e. The predicted octanol–water partition coefficient (Wildman–Crippen LogP) is 2.55. The molecular weight excluding hydrogens is 255 g/mol. The molecule has 0 saturated carbocycles. The number of rotatable bonds is 4. The molecule has 3 nitrogen and oxygen atoms in total. The minimum atomic E-state index is -0.185. The van der Waals surface area contributed by atoms with Crippen LogP contribution in [0.5, 0.6) is 5.75 Å². The van der Waals surface area contributed by atoms with Crippen LogP contribution < -0.4 is 10.1 Å². The molecule has 2 atom stereocenters. The molecule has 2 heterocycles. The fourth-order valence-electron chi connectivity index (χ4n) is 3.63. The summed E-state index contributed by atoms with van der Waals surface area (Å²) < 4.78 is 18.8. The Morgan fingerprint density at radius 2 is 2.25 bits per heavy atom. The molecule has 110 valence electrons. The summed E-state index contributed by atoms with van der Waals surface area (Å²) in [5.74, 6) is 0.604. The summed E-state index contributed by atoms with van der Waals surface area (Å²) in [6, 6.07) is 5.99. The fraction of sp³-hybridized carbons (Fsp3) is 0.625. The first-order chi connectivity index (χ1) is 9.78. The third-order valence-electron chi connectivity index (χ3n) is 4.59. The van der Waals surface area contributed by atoms with E-state index < -0.39 is 0 Å². The van der Waals surface area contributed by atoms with Gasteiger partial charge in [-0.15, -0.1) is 0 Å². The molecule has 1 aromatic carbocycles. The number of benzene rings is 1. The third kappa shape index (κ3) is 2.81. The first-order valence-corrected chi connectivity index (χ1v) is 7.58. The molecule has 0 spiro atoms. The quantitative estimate of drug-likeness (QED) is 0.916. The second-order valence-electron chi connectivity index (χ2n) is 5.84. The second-order valence-corrected chi connectivity index (χ2v) is 5.84. The van der Waals surface area contributed by atoms with Gasteiger partial charge in [-0.25, -0.2) is 4.39 Å². The number of hydrogen-bond acceptors (Lipinski definition) is 3. The number of hydrogen-bond donors (Lipinski definition) is 1. The average Bonchev–Trinajstić information content (AvgIpc) is 3.09. The summed E-state index contributed by atoms with van der Waals surface area (Å²) in [6.07, 6.45) is 5.02. The zero-order chi connectivity index (χ0) is 13.9. The van der Waals surface area contributed by atoms with Crippen molar-refractivity contribution in [3.05, 3.63) is 29.6 Å². The Hall–Kier alpha value is -1.13. The summed E-state index contributed by atoms with van der Waals surface area (Å²) in [4.78, 5) is 2.49. The van der Waals surface area contributed by atoms with E-state index in [1.807, 2.05) is 0 Å². The fourth-order valence-corrected chi connectivity index (χ4v) is 3.63. The zero-order valence-electron chi connectivity index (χ0n) is 12.1. The Labute approximate surface area is 120 Å². The minimum Gasteiger partial charge on any atom is -0.496 e. The highest BCUT2D eigenvalue weighted by Gasteiger charge is 2.33. The lowest BCUT2D eigenvalue weighted by Crippen LogP contribution is -2.43. The van der Waals surface area contributed by atoms with Gasteiger partial charge in [-0.2, -0.15) is 0 Å². The molecule has 0 amide bonds. The number of likely N-dealkylation sites (tertiary alicyclic amines) is 1. The van der Waals surface area contributed by atoms with Crippen molar-refractivity contribution >= 4 is 0 Å². The maximum atomic E-state index is 13.5. The van der Waals surface area contributed by atoms with Gasteiger partial charge in [0.25, 0.3) is 0 Å². The van der Waals surface area contributed by atoms with E-state index in [2.05, 4.69) is 10.2 Å². The van der Waals surface area contributed by atoms with Crippen LogP contribution in [0.15, 0.2) is 18.2 Å². The molecule has 2 unspecified atom stereocenters. The van der Waals surface area contributed by atoms with Gasteiger partial charge in [0.1, 0.15) is 11.6 Å². The molecule has 1 N–H and O–H groups in total. The van der Waals surface area contributed by atoms with Crippen molar-refractivity contribution in [1.82, 2.24) is 10.2 Å². The standard InChI is InChI=1S/C16H23FN2O/c1-20-16-7-6-13(17)10-12(16)11-19-9-3-5-15(19)14-4-2-8-18-14/h6-7,10,14-15,18H,2-5,8-9,11H2,1H3. The van der Waals surface area contributed by atoms with Crippen LogP contribution in [-0.4, -0.2) is 37.2 Å². The lowest BCUT2D eigenvalue weighted by Gasteiger charge is -2.30. The van der Waals surface area contributed by atoms with Gasteiger partial charge < -0.3 is 10.1 Å². The van der Waals surface area contributed by atoms with Crippen LogP contribution in [-0.2, 0) is 6.54 Å². The molecule has 4 heteroatoms. The lowest BCUT2D eigenvalue weighted by molar-refractivity contribution is 0.204. The molecule has 0 bridgehead atoms. The van der Waals surface area contributed by atoms with E-state index in [4.69, 9.17) is 4.74 Å². The van der Waals surface area contributed by atoms with Crippen molar-refractivity contribution in [2.75, 3.05) is 20.2 Å². The average molecular weight is 278 g/mol. The van der Waals surface area contributed by atoms with Crippen molar-refractivity contribution in [2.24, 2.45) is 0 Å². The zero-order valence-corrected chi connectivity index (χ0v) is 12.1. The smallest absolute Gasteiger partial charge is 0.123 e. The Kier molecular flexibility index (Phi) is 4.22. The third-order valence-corrected chi connectivity index (χ3v) is 4.59. The number of methoxy groups -OCH3 is 1. The molecule has 0 aromatic heterocycles. The monoisotopic (exact) mass is 278 g/mol. The summed E-state index contributed by atoms with van der Waals surface area (Å²) in [6.45, 7) is 3.02. The van der Waals surface area contributed by atoms with Gasteiger partial charge in [0, 0.05) is 24.2 Å². The molecule has 2 fully saturated rings. The van der Waals surface area contributed by atoms with Gasteiger partial charge in [0.15, 0.2) is 0 Å². The molecule has 0 radical (unpaired) electrons. The summed E-state index contributed by atoms with van der Waals surface area (Å²) in [5.41, 5.74) is 0.956. The normalized spacial score (nSPS) is 27.1. The highest BCUT2D eigenvalue weighted by Crippen LogP contribution is 2.29. The SMILES string of the molecule is COc1ccc(F)cc1CN1CCCC1C1CCCN1. The van der Waals surface area contributed by atoms with Crippen LogP contribution in [0.1, 0.15) is 31.2 Å². The van der Waals surface area contributed by atoms with Crippen molar-refractivity contribution < 1.29 is 9.13 Å². The van der Waals surface area contributed by atoms with E-state index in [-0.39, 0.29) is 5.82 Å². The number of ether oxygens (including phenoxy) is 1. The highest BCUT2D eigenvalue weighted by molar-refractivity contribution is 5.34. The van der Waals surface area contributed by atoms with Crippen molar-refractivity contribution in [1.29, 1.82) is 0 Å². The van der Waals surface area contributed by atoms with Crippen molar-refractivity contribution in [3.8, 4) is 5.75 Å². The van der Waals surface area contributed by atoms with Crippen LogP contribution in [0.2, 0.25) is 0 Å². The minimum absolute atomic E-state index is 0.185. The summed E-state index contributed by atoms with van der Waals surface area (Å²) in [7, 11) is 1.65. The van der Waals surface area contributed by atoms with Gasteiger partial charge in [0.2, 0.25) is 0 Å². The molecule has 0 aliphatic carbocycles.